The minimum Gasteiger partial charge on any atom is -0.454 e. The van der Waals surface area contributed by atoms with Gasteiger partial charge in [0, 0.05) is 18.7 Å². The van der Waals surface area contributed by atoms with E-state index in [4.69, 9.17) is 4.74 Å². The van der Waals surface area contributed by atoms with Crippen LogP contribution >= 0.6 is 0 Å². The van der Waals surface area contributed by atoms with Crippen LogP contribution in [0.25, 0.3) is 11.0 Å². The molecule has 0 unspecified atom stereocenters. The van der Waals surface area contributed by atoms with Crippen molar-refractivity contribution in [1.29, 1.82) is 0 Å². The molecule has 3 rings (SSSR count). The molecule has 0 aliphatic rings. The first-order valence-corrected chi connectivity index (χ1v) is 6.48. The van der Waals surface area contributed by atoms with E-state index in [-0.39, 0.29) is 11.3 Å². The van der Waals surface area contributed by atoms with Gasteiger partial charge >= 0.3 is 5.69 Å². The Bertz CT molecular complexity index is 939. The van der Waals surface area contributed by atoms with Crippen LogP contribution in [0.5, 0.6) is 11.5 Å². The zero-order valence-electron chi connectivity index (χ0n) is 12.1. The van der Waals surface area contributed by atoms with Crippen molar-refractivity contribution in [3.05, 3.63) is 51.6 Å². The molecular formula is C14H10F2N4O3. The third-order valence-corrected chi connectivity index (χ3v) is 3.37. The molecule has 0 saturated carbocycles. The highest BCUT2D eigenvalue weighted by molar-refractivity contribution is 5.76. The molecule has 3 aromatic rings. The fourth-order valence-corrected chi connectivity index (χ4v) is 2.18. The average molecular weight is 320 g/mol. The lowest BCUT2D eigenvalue weighted by atomic mass is 10.1. The topological polar surface area (TPSA) is 83.1 Å². The van der Waals surface area contributed by atoms with E-state index >= 15 is 0 Å². The van der Waals surface area contributed by atoms with Crippen LogP contribution in [0.15, 0.2) is 24.3 Å². The number of ether oxygens (including phenoxy) is 1. The van der Waals surface area contributed by atoms with Gasteiger partial charge in [-0.05, 0) is 19.1 Å². The highest BCUT2D eigenvalue weighted by Crippen LogP contribution is 2.35. The standard InChI is InChI=1S/C14H10F2N4O3/c1-7-13(16)12(20(21)22)6-9(15)14(7)23-8-3-4-11-10(5-8)17-18-19(11)2/h3-6H,1-2H3. The summed E-state index contributed by atoms with van der Waals surface area (Å²) in [6.07, 6.45) is 0. The maximum atomic E-state index is 14.0. The number of hydrogen-bond acceptors (Lipinski definition) is 5. The lowest BCUT2D eigenvalue weighted by molar-refractivity contribution is -0.387. The molecule has 0 radical (unpaired) electrons. The molecule has 0 atom stereocenters. The van der Waals surface area contributed by atoms with E-state index in [9.17, 15) is 18.9 Å². The summed E-state index contributed by atoms with van der Waals surface area (Å²) >= 11 is 0. The number of nitro groups is 1. The predicted octanol–water partition coefficient (Wildman–Crippen LogP) is 3.26. The number of nitro benzene ring substituents is 1. The third-order valence-electron chi connectivity index (χ3n) is 3.37. The SMILES string of the molecule is Cc1c(F)c([N+](=O)[O-])cc(F)c1Oc1ccc2c(c1)nnn2C. The van der Waals surface area contributed by atoms with E-state index in [1.165, 1.54) is 13.0 Å². The first-order valence-electron chi connectivity index (χ1n) is 6.48. The summed E-state index contributed by atoms with van der Waals surface area (Å²) in [4.78, 5) is 9.70. The highest BCUT2D eigenvalue weighted by Gasteiger charge is 2.24. The second-order valence-electron chi connectivity index (χ2n) is 4.87. The lowest BCUT2D eigenvalue weighted by Gasteiger charge is -2.10. The van der Waals surface area contributed by atoms with Gasteiger partial charge in [0.25, 0.3) is 0 Å². The van der Waals surface area contributed by atoms with Crippen molar-refractivity contribution in [2.75, 3.05) is 0 Å². The number of aryl methyl sites for hydroxylation is 1. The average Bonchev–Trinajstić information content (AvgIpc) is 2.88. The molecule has 118 valence electrons. The Balaban J connectivity index is 2.04. The highest BCUT2D eigenvalue weighted by atomic mass is 19.1. The van der Waals surface area contributed by atoms with Gasteiger partial charge in [0.05, 0.1) is 16.5 Å². The number of halogens is 2. The maximum absolute atomic E-state index is 14.0. The molecule has 9 heteroatoms. The second kappa shape index (κ2) is 5.27. The molecule has 1 heterocycles. The Morgan fingerprint density at radius 3 is 2.74 bits per heavy atom. The molecule has 23 heavy (non-hydrogen) atoms. The summed E-state index contributed by atoms with van der Waals surface area (Å²) in [7, 11) is 1.71. The van der Waals surface area contributed by atoms with Crippen LogP contribution in [0.2, 0.25) is 0 Å². The van der Waals surface area contributed by atoms with Gasteiger partial charge in [-0.15, -0.1) is 5.10 Å². The van der Waals surface area contributed by atoms with Gasteiger partial charge in [-0.25, -0.2) is 9.07 Å². The first kappa shape index (κ1) is 14.8. The van der Waals surface area contributed by atoms with Crippen molar-refractivity contribution in [1.82, 2.24) is 15.0 Å². The molecule has 0 saturated heterocycles. The monoisotopic (exact) mass is 320 g/mol. The summed E-state index contributed by atoms with van der Waals surface area (Å²) in [5.41, 5.74) is 0.0440. The van der Waals surface area contributed by atoms with Gasteiger partial charge in [0.2, 0.25) is 5.82 Å². The predicted molar refractivity (Wildman–Crippen MR) is 76.3 cm³/mol. The van der Waals surface area contributed by atoms with Crippen LogP contribution < -0.4 is 4.74 Å². The van der Waals surface area contributed by atoms with E-state index in [0.717, 1.165) is 5.52 Å². The maximum Gasteiger partial charge on any atom is 0.308 e. The van der Waals surface area contributed by atoms with Gasteiger partial charge in [0.1, 0.15) is 11.3 Å². The smallest absolute Gasteiger partial charge is 0.308 e. The molecule has 7 nitrogen and oxygen atoms in total. The van der Waals surface area contributed by atoms with Gasteiger partial charge in [-0.2, -0.15) is 4.39 Å². The van der Waals surface area contributed by atoms with Crippen molar-refractivity contribution >= 4 is 16.7 Å². The normalized spacial score (nSPS) is 11.0. The molecule has 0 fully saturated rings. The van der Waals surface area contributed by atoms with Crippen LogP contribution in [-0.2, 0) is 7.05 Å². The third kappa shape index (κ3) is 2.45. The molecule has 0 amide bonds. The number of benzene rings is 2. The fraction of sp³-hybridized carbons (Fsp3) is 0.143. The van der Waals surface area contributed by atoms with E-state index in [1.807, 2.05) is 0 Å². The van der Waals surface area contributed by atoms with Crippen molar-refractivity contribution in [3.63, 3.8) is 0 Å². The number of aromatic nitrogens is 3. The molecule has 0 spiro atoms. The fourth-order valence-electron chi connectivity index (χ4n) is 2.18. The molecular weight excluding hydrogens is 310 g/mol. The number of hydrogen-bond donors (Lipinski definition) is 0. The van der Waals surface area contributed by atoms with Gasteiger partial charge < -0.3 is 4.74 Å². The van der Waals surface area contributed by atoms with Crippen molar-refractivity contribution in [3.8, 4) is 11.5 Å². The summed E-state index contributed by atoms with van der Waals surface area (Å²) in [5, 5.41) is 18.4. The lowest BCUT2D eigenvalue weighted by Crippen LogP contribution is -2.00. The second-order valence-corrected chi connectivity index (χ2v) is 4.87. The van der Waals surface area contributed by atoms with E-state index < -0.39 is 28.0 Å². The zero-order valence-corrected chi connectivity index (χ0v) is 12.1. The first-order chi connectivity index (χ1) is 10.9. The van der Waals surface area contributed by atoms with Crippen molar-refractivity contribution < 1.29 is 18.4 Å². The van der Waals surface area contributed by atoms with Crippen LogP contribution in [0, 0.1) is 28.7 Å². The summed E-state index contributed by atoms with van der Waals surface area (Å²) < 4.78 is 34.9. The number of nitrogens with zero attached hydrogens (tertiary/aromatic N) is 4. The Kier molecular flexibility index (Phi) is 3.40. The molecule has 0 aliphatic heterocycles. The van der Waals surface area contributed by atoms with Gasteiger partial charge in [0.15, 0.2) is 11.6 Å². The number of fused-ring (bicyclic) bond motifs is 1. The van der Waals surface area contributed by atoms with E-state index in [2.05, 4.69) is 10.3 Å². The Hall–Kier alpha value is -3.10. The van der Waals surface area contributed by atoms with E-state index in [1.54, 1.807) is 23.9 Å². The van der Waals surface area contributed by atoms with Crippen LogP contribution in [0.1, 0.15) is 5.56 Å². The van der Waals surface area contributed by atoms with Crippen molar-refractivity contribution in [2.45, 2.75) is 6.92 Å². The summed E-state index contributed by atoms with van der Waals surface area (Å²) in [5.74, 6) is -2.34. The molecule has 0 bridgehead atoms. The minimum atomic E-state index is -1.13. The Morgan fingerprint density at radius 1 is 1.30 bits per heavy atom. The quantitative estimate of drug-likeness (QED) is 0.546. The van der Waals surface area contributed by atoms with Gasteiger partial charge in [-0.1, -0.05) is 5.21 Å². The van der Waals surface area contributed by atoms with Crippen LogP contribution in [0.4, 0.5) is 14.5 Å². The molecule has 1 aromatic heterocycles. The largest absolute Gasteiger partial charge is 0.454 e. The van der Waals surface area contributed by atoms with Gasteiger partial charge in [-0.3, -0.25) is 10.1 Å². The molecule has 0 aliphatic carbocycles. The number of rotatable bonds is 3. The summed E-state index contributed by atoms with van der Waals surface area (Å²) in [6, 6.07) is 5.22. The summed E-state index contributed by atoms with van der Waals surface area (Å²) in [6.45, 7) is 1.21. The Labute approximate surface area is 128 Å². The van der Waals surface area contributed by atoms with Crippen LogP contribution in [0.3, 0.4) is 0 Å². The minimum absolute atomic E-state index is 0.216. The van der Waals surface area contributed by atoms with E-state index in [0.29, 0.717) is 11.6 Å². The molecule has 2 aromatic carbocycles. The van der Waals surface area contributed by atoms with Crippen LogP contribution in [-0.4, -0.2) is 19.9 Å². The van der Waals surface area contributed by atoms with Crippen molar-refractivity contribution in [2.24, 2.45) is 7.05 Å². The Morgan fingerprint density at radius 2 is 2.04 bits per heavy atom. The zero-order chi connectivity index (χ0) is 16.7. The molecule has 0 N–H and O–H groups in total.